The average Bonchev–Trinajstić information content (AvgIpc) is 2.36. The highest BCUT2D eigenvalue weighted by Gasteiger charge is 2.16. The summed E-state index contributed by atoms with van der Waals surface area (Å²) in [7, 11) is 2.06. The highest BCUT2D eigenvalue weighted by atomic mass is 14.9. The summed E-state index contributed by atoms with van der Waals surface area (Å²) in [6, 6.07) is 13.6. The summed E-state index contributed by atoms with van der Waals surface area (Å²) >= 11 is 0. The van der Waals surface area contributed by atoms with Gasteiger partial charge in [-0.2, -0.15) is 0 Å². The molecular formula is C17H23N. The number of hydrogen-bond donors (Lipinski definition) is 1. The molecule has 0 saturated carbocycles. The molecule has 1 atom stereocenters. The SMILES string of the molecule is CNC(CC(C)C)c1c(C)ccc2ccccc12. The topological polar surface area (TPSA) is 12.0 Å². The van der Waals surface area contributed by atoms with E-state index in [1.807, 2.05) is 0 Å². The van der Waals surface area contributed by atoms with Crippen LogP contribution in [0.25, 0.3) is 10.8 Å². The number of aryl methyl sites for hydroxylation is 1. The van der Waals surface area contributed by atoms with Gasteiger partial charge < -0.3 is 5.32 Å². The van der Waals surface area contributed by atoms with Crippen molar-refractivity contribution in [2.45, 2.75) is 33.2 Å². The maximum absolute atomic E-state index is 3.48. The monoisotopic (exact) mass is 241 g/mol. The third-order valence-electron chi connectivity index (χ3n) is 3.59. The van der Waals surface area contributed by atoms with E-state index in [9.17, 15) is 0 Å². The summed E-state index contributed by atoms with van der Waals surface area (Å²) in [5, 5.41) is 6.20. The van der Waals surface area contributed by atoms with Crippen molar-refractivity contribution in [3.8, 4) is 0 Å². The van der Waals surface area contributed by atoms with Crippen LogP contribution in [0, 0.1) is 12.8 Å². The molecule has 0 aliphatic carbocycles. The minimum Gasteiger partial charge on any atom is -0.313 e. The van der Waals surface area contributed by atoms with Crippen molar-refractivity contribution >= 4 is 10.8 Å². The van der Waals surface area contributed by atoms with Crippen LogP contribution in [0.1, 0.15) is 37.4 Å². The van der Waals surface area contributed by atoms with Gasteiger partial charge in [0.15, 0.2) is 0 Å². The van der Waals surface area contributed by atoms with Crippen LogP contribution >= 0.6 is 0 Å². The maximum Gasteiger partial charge on any atom is 0.0328 e. The average molecular weight is 241 g/mol. The molecule has 1 heteroatoms. The molecule has 1 unspecified atom stereocenters. The van der Waals surface area contributed by atoms with Gasteiger partial charge in [-0.1, -0.05) is 50.2 Å². The van der Waals surface area contributed by atoms with Gasteiger partial charge in [0.2, 0.25) is 0 Å². The van der Waals surface area contributed by atoms with E-state index in [2.05, 4.69) is 69.5 Å². The molecule has 96 valence electrons. The van der Waals surface area contributed by atoms with Gasteiger partial charge in [-0.05, 0) is 48.2 Å². The van der Waals surface area contributed by atoms with E-state index < -0.39 is 0 Å². The Morgan fingerprint density at radius 2 is 1.78 bits per heavy atom. The lowest BCUT2D eigenvalue weighted by atomic mass is 9.90. The molecule has 0 amide bonds. The van der Waals surface area contributed by atoms with Crippen LogP contribution < -0.4 is 5.32 Å². The zero-order valence-electron chi connectivity index (χ0n) is 11.8. The number of rotatable bonds is 4. The van der Waals surface area contributed by atoms with Crippen molar-refractivity contribution in [1.29, 1.82) is 0 Å². The molecule has 0 bridgehead atoms. The Hall–Kier alpha value is -1.34. The predicted octanol–water partition coefficient (Wildman–Crippen LogP) is 4.45. The normalized spacial score (nSPS) is 13.2. The summed E-state index contributed by atoms with van der Waals surface area (Å²) in [5.41, 5.74) is 2.85. The summed E-state index contributed by atoms with van der Waals surface area (Å²) in [4.78, 5) is 0. The Kier molecular flexibility index (Phi) is 4.03. The van der Waals surface area contributed by atoms with Gasteiger partial charge in [0.25, 0.3) is 0 Å². The molecule has 2 aromatic rings. The lowest BCUT2D eigenvalue weighted by Crippen LogP contribution is -2.19. The van der Waals surface area contributed by atoms with Crippen molar-refractivity contribution in [3.63, 3.8) is 0 Å². The molecule has 0 aromatic heterocycles. The molecule has 2 aromatic carbocycles. The lowest BCUT2D eigenvalue weighted by Gasteiger charge is -2.22. The Morgan fingerprint density at radius 1 is 1.06 bits per heavy atom. The van der Waals surface area contributed by atoms with Gasteiger partial charge in [-0.3, -0.25) is 0 Å². The predicted molar refractivity (Wildman–Crippen MR) is 79.9 cm³/mol. The minimum absolute atomic E-state index is 0.441. The summed E-state index contributed by atoms with van der Waals surface area (Å²) < 4.78 is 0. The fourth-order valence-corrected chi connectivity index (χ4v) is 2.72. The zero-order valence-corrected chi connectivity index (χ0v) is 11.8. The van der Waals surface area contributed by atoms with Crippen molar-refractivity contribution in [3.05, 3.63) is 47.5 Å². The largest absolute Gasteiger partial charge is 0.313 e. The molecule has 1 N–H and O–H groups in total. The Bertz CT molecular complexity index is 528. The fraction of sp³-hybridized carbons (Fsp3) is 0.412. The number of benzene rings is 2. The Morgan fingerprint density at radius 3 is 2.44 bits per heavy atom. The second-order valence-electron chi connectivity index (χ2n) is 5.49. The standard InChI is InChI=1S/C17H23N/c1-12(2)11-16(18-4)17-13(3)9-10-14-7-5-6-8-15(14)17/h5-10,12,16,18H,11H2,1-4H3. The zero-order chi connectivity index (χ0) is 13.1. The minimum atomic E-state index is 0.441. The third kappa shape index (κ3) is 2.56. The summed E-state index contributed by atoms with van der Waals surface area (Å²) in [5.74, 6) is 0.695. The number of fused-ring (bicyclic) bond motifs is 1. The van der Waals surface area contributed by atoms with Crippen molar-refractivity contribution in [1.82, 2.24) is 5.32 Å². The van der Waals surface area contributed by atoms with Crippen LogP contribution in [0.4, 0.5) is 0 Å². The first-order chi connectivity index (χ1) is 8.63. The van der Waals surface area contributed by atoms with Crippen molar-refractivity contribution < 1.29 is 0 Å². The molecule has 0 aliphatic heterocycles. The first-order valence-corrected chi connectivity index (χ1v) is 6.79. The van der Waals surface area contributed by atoms with Crippen LogP contribution in [-0.2, 0) is 0 Å². The molecular weight excluding hydrogens is 218 g/mol. The van der Waals surface area contributed by atoms with Crippen LogP contribution in [0.5, 0.6) is 0 Å². The number of hydrogen-bond acceptors (Lipinski definition) is 1. The van der Waals surface area contributed by atoms with Gasteiger partial charge in [0.1, 0.15) is 0 Å². The second-order valence-corrected chi connectivity index (χ2v) is 5.49. The molecule has 0 spiro atoms. The molecule has 18 heavy (non-hydrogen) atoms. The highest BCUT2D eigenvalue weighted by molar-refractivity contribution is 5.87. The van der Waals surface area contributed by atoms with E-state index >= 15 is 0 Å². The molecule has 0 heterocycles. The second kappa shape index (κ2) is 5.53. The van der Waals surface area contributed by atoms with E-state index in [0.717, 1.165) is 0 Å². The molecule has 2 rings (SSSR count). The lowest BCUT2D eigenvalue weighted by molar-refractivity contribution is 0.457. The fourth-order valence-electron chi connectivity index (χ4n) is 2.72. The first kappa shape index (κ1) is 13.1. The van der Waals surface area contributed by atoms with Gasteiger partial charge in [-0.25, -0.2) is 0 Å². The highest BCUT2D eigenvalue weighted by Crippen LogP contribution is 2.30. The smallest absolute Gasteiger partial charge is 0.0328 e. The van der Waals surface area contributed by atoms with Gasteiger partial charge in [0.05, 0.1) is 0 Å². The van der Waals surface area contributed by atoms with Gasteiger partial charge >= 0.3 is 0 Å². The van der Waals surface area contributed by atoms with E-state index in [4.69, 9.17) is 0 Å². The maximum atomic E-state index is 3.48. The van der Waals surface area contributed by atoms with Crippen molar-refractivity contribution in [2.75, 3.05) is 7.05 Å². The van der Waals surface area contributed by atoms with Gasteiger partial charge in [0, 0.05) is 6.04 Å². The van der Waals surface area contributed by atoms with Crippen LogP contribution in [0.2, 0.25) is 0 Å². The van der Waals surface area contributed by atoms with Gasteiger partial charge in [-0.15, -0.1) is 0 Å². The molecule has 1 nitrogen and oxygen atoms in total. The Labute approximate surface area is 110 Å². The van der Waals surface area contributed by atoms with E-state index in [1.165, 1.54) is 28.3 Å². The molecule has 0 fully saturated rings. The summed E-state index contributed by atoms with van der Waals surface area (Å²) in [6.45, 7) is 6.78. The third-order valence-corrected chi connectivity index (χ3v) is 3.59. The van der Waals surface area contributed by atoms with Crippen LogP contribution in [-0.4, -0.2) is 7.05 Å². The van der Waals surface area contributed by atoms with Crippen molar-refractivity contribution in [2.24, 2.45) is 5.92 Å². The summed E-state index contributed by atoms with van der Waals surface area (Å²) in [6.07, 6.45) is 1.17. The molecule has 0 radical (unpaired) electrons. The van der Waals surface area contributed by atoms with E-state index in [0.29, 0.717) is 12.0 Å². The number of nitrogens with one attached hydrogen (secondary N) is 1. The van der Waals surface area contributed by atoms with E-state index in [-0.39, 0.29) is 0 Å². The van der Waals surface area contributed by atoms with Crippen LogP contribution in [0.15, 0.2) is 36.4 Å². The molecule has 0 saturated heterocycles. The first-order valence-electron chi connectivity index (χ1n) is 6.79. The molecule has 0 aliphatic rings. The van der Waals surface area contributed by atoms with Crippen LogP contribution in [0.3, 0.4) is 0 Å². The van der Waals surface area contributed by atoms with E-state index in [1.54, 1.807) is 0 Å². The Balaban J connectivity index is 2.56. The quantitative estimate of drug-likeness (QED) is 0.833.